The van der Waals surface area contributed by atoms with Crippen LogP contribution < -0.4 is 10.5 Å². The molecule has 1 heterocycles. The molecule has 0 amide bonds. The molecule has 4 nitrogen and oxygen atoms in total. The second-order valence-corrected chi connectivity index (χ2v) is 5.70. The second kappa shape index (κ2) is 5.61. The van der Waals surface area contributed by atoms with Crippen LogP contribution in [0.5, 0.6) is 5.88 Å². The summed E-state index contributed by atoms with van der Waals surface area (Å²) in [4.78, 5) is 0. The first kappa shape index (κ1) is 13.9. The number of aryl methyl sites for hydroxylation is 1. The fourth-order valence-electron chi connectivity index (χ4n) is 1.86. The van der Waals surface area contributed by atoms with E-state index in [9.17, 15) is 0 Å². The van der Waals surface area contributed by atoms with Gasteiger partial charge in [-0.25, -0.2) is 0 Å². The molecule has 0 saturated carbocycles. The molecule has 0 saturated heterocycles. The monoisotopic (exact) mass is 262 g/mol. The first-order valence-electron chi connectivity index (χ1n) is 6.79. The molecule has 1 aromatic carbocycles. The van der Waals surface area contributed by atoms with E-state index >= 15 is 0 Å². The van der Waals surface area contributed by atoms with E-state index in [2.05, 4.69) is 24.2 Å². The molecule has 0 radical (unpaired) electrons. The zero-order chi connectivity index (χ0) is 13.9. The van der Waals surface area contributed by atoms with Crippen LogP contribution in [0.2, 0.25) is 0 Å². The van der Waals surface area contributed by atoms with Crippen LogP contribution in [0.3, 0.4) is 0 Å². The summed E-state index contributed by atoms with van der Waals surface area (Å²) in [5, 5.41) is 4.90. The number of unbranched alkanes of at least 4 members (excludes halogenated alkanes) is 1. The van der Waals surface area contributed by atoms with Crippen molar-refractivity contribution in [3.05, 3.63) is 23.8 Å². The van der Waals surface area contributed by atoms with Crippen molar-refractivity contribution >= 4 is 11.0 Å². The Kier molecular flexibility index (Phi) is 4.10. The summed E-state index contributed by atoms with van der Waals surface area (Å²) in [6, 6.07) is 6.13. The lowest BCUT2D eigenvalue weighted by atomic mass is 10.1. The van der Waals surface area contributed by atoms with Gasteiger partial charge in [0, 0.05) is 5.54 Å². The minimum Gasteiger partial charge on any atom is -0.473 e. The first-order valence-corrected chi connectivity index (χ1v) is 6.79. The zero-order valence-electron chi connectivity index (χ0n) is 11.9. The molecule has 0 fully saturated rings. The number of nitrogens with zero attached hydrogens (tertiary/aromatic N) is 1. The molecule has 0 unspecified atom stereocenters. The SMILES string of the molecule is CCCCc1ccc2onc(OCC(C)(C)N)c2c1. The average Bonchev–Trinajstić information content (AvgIpc) is 2.75. The Morgan fingerprint density at radius 1 is 1.37 bits per heavy atom. The van der Waals surface area contributed by atoms with Crippen LogP contribution in [-0.2, 0) is 6.42 Å². The number of fused-ring (bicyclic) bond motifs is 1. The van der Waals surface area contributed by atoms with Crippen LogP contribution >= 0.6 is 0 Å². The van der Waals surface area contributed by atoms with Crippen molar-refractivity contribution in [3.8, 4) is 5.88 Å². The Labute approximate surface area is 113 Å². The molecule has 1 aromatic heterocycles. The maximum Gasteiger partial charge on any atom is 0.262 e. The topological polar surface area (TPSA) is 61.3 Å². The van der Waals surface area contributed by atoms with Gasteiger partial charge in [-0.15, -0.1) is 0 Å². The Balaban J connectivity index is 2.19. The molecule has 0 atom stereocenters. The van der Waals surface area contributed by atoms with Crippen molar-refractivity contribution in [2.24, 2.45) is 5.73 Å². The summed E-state index contributed by atoms with van der Waals surface area (Å²) in [5.41, 5.74) is 7.57. The average molecular weight is 262 g/mol. The fraction of sp³-hybridized carbons (Fsp3) is 0.533. The minimum absolute atomic E-state index is 0.384. The third-order valence-corrected chi connectivity index (χ3v) is 2.90. The van der Waals surface area contributed by atoms with Crippen LogP contribution in [-0.4, -0.2) is 17.3 Å². The van der Waals surface area contributed by atoms with Crippen LogP contribution in [0.25, 0.3) is 11.0 Å². The molecule has 104 valence electrons. The van der Waals surface area contributed by atoms with Gasteiger partial charge >= 0.3 is 0 Å². The van der Waals surface area contributed by atoms with Crippen LogP contribution in [0.15, 0.2) is 22.7 Å². The maximum absolute atomic E-state index is 5.91. The van der Waals surface area contributed by atoms with Gasteiger partial charge in [0.15, 0.2) is 5.58 Å². The highest BCUT2D eigenvalue weighted by molar-refractivity contribution is 5.82. The first-order chi connectivity index (χ1) is 8.99. The van der Waals surface area contributed by atoms with Crippen molar-refractivity contribution in [1.29, 1.82) is 0 Å². The third-order valence-electron chi connectivity index (χ3n) is 2.90. The number of hydrogen-bond donors (Lipinski definition) is 1. The van der Waals surface area contributed by atoms with Gasteiger partial charge in [-0.1, -0.05) is 19.4 Å². The van der Waals surface area contributed by atoms with Gasteiger partial charge in [-0.3, -0.25) is 0 Å². The molecule has 19 heavy (non-hydrogen) atoms. The van der Waals surface area contributed by atoms with Gasteiger partial charge in [-0.2, -0.15) is 0 Å². The molecular formula is C15H22N2O2. The zero-order valence-corrected chi connectivity index (χ0v) is 11.9. The Bertz CT molecular complexity index is 541. The number of nitrogens with two attached hydrogens (primary N) is 1. The fourth-order valence-corrected chi connectivity index (χ4v) is 1.86. The predicted octanol–water partition coefficient (Wildman–Crippen LogP) is 3.29. The van der Waals surface area contributed by atoms with Gasteiger partial charge < -0.3 is 15.0 Å². The van der Waals surface area contributed by atoms with Gasteiger partial charge in [0.1, 0.15) is 6.61 Å². The molecule has 0 aliphatic heterocycles. The van der Waals surface area contributed by atoms with E-state index in [0.717, 1.165) is 17.4 Å². The van der Waals surface area contributed by atoms with Gasteiger partial charge in [0.05, 0.1) is 5.39 Å². The molecule has 4 heteroatoms. The lowest BCUT2D eigenvalue weighted by Crippen LogP contribution is -2.38. The molecule has 0 bridgehead atoms. The van der Waals surface area contributed by atoms with Gasteiger partial charge in [-0.05, 0) is 49.5 Å². The van der Waals surface area contributed by atoms with Crippen LogP contribution in [0.4, 0.5) is 0 Å². The summed E-state index contributed by atoms with van der Waals surface area (Å²) in [6.07, 6.45) is 3.44. The maximum atomic E-state index is 5.91. The van der Waals surface area contributed by atoms with E-state index < -0.39 is 0 Å². The Morgan fingerprint density at radius 3 is 2.84 bits per heavy atom. The van der Waals surface area contributed by atoms with Crippen molar-refractivity contribution in [1.82, 2.24) is 5.16 Å². The largest absolute Gasteiger partial charge is 0.473 e. The number of aromatic nitrogens is 1. The second-order valence-electron chi connectivity index (χ2n) is 5.70. The number of benzene rings is 1. The van der Waals surface area contributed by atoms with Crippen LogP contribution in [0.1, 0.15) is 39.2 Å². The summed E-state index contributed by atoms with van der Waals surface area (Å²) in [5.74, 6) is 0.534. The van der Waals surface area contributed by atoms with Gasteiger partial charge in [0.2, 0.25) is 0 Å². The predicted molar refractivity (Wildman–Crippen MR) is 76.4 cm³/mol. The molecule has 2 aromatic rings. The third kappa shape index (κ3) is 3.70. The van der Waals surface area contributed by atoms with E-state index in [0.29, 0.717) is 12.5 Å². The highest BCUT2D eigenvalue weighted by Crippen LogP contribution is 2.26. The number of rotatable bonds is 6. The summed E-state index contributed by atoms with van der Waals surface area (Å²) < 4.78 is 10.9. The lowest BCUT2D eigenvalue weighted by molar-refractivity contribution is 0.225. The molecular weight excluding hydrogens is 240 g/mol. The number of hydrogen-bond acceptors (Lipinski definition) is 4. The summed E-state index contributed by atoms with van der Waals surface area (Å²) >= 11 is 0. The number of ether oxygens (including phenoxy) is 1. The normalized spacial score (nSPS) is 12.0. The molecule has 2 rings (SSSR count). The van der Waals surface area contributed by atoms with Crippen molar-refractivity contribution < 1.29 is 9.26 Å². The summed E-state index contributed by atoms with van der Waals surface area (Å²) in [7, 11) is 0. The van der Waals surface area contributed by atoms with E-state index in [4.69, 9.17) is 15.0 Å². The van der Waals surface area contributed by atoms with Crippen molar-refractivity contribution in [2.75, 3.05) is 6.61 Å². The van der Waals surface area contributed by atoms with E-state index in [-0.39, 0.29) is 5.54 Å². The molecule has 0 aliphatic rings. The minimum atomic E-state index is -0.384. The highest BCUT2D eigenvalue weighted by atomic mass is 16.5. The van der Waals surface area contributed by atoms with Crippen LogP contribution in [0, 0.1) is 0 Å². The van der Waals surface area contributed by atoms with Crippen molar-refractivity contribution in [2.45, 2.75) is 45.6 Å². The highest BCUT2D eigenvalue weighted by Gasteiger charge is 2.15. The lowest BCUT2D eigenvalue weighted by Gasteiger charge is -2.17. The van der Waals surface area contributed by atoms with E-state index in [1.807, 2.05) is 19.9 Å². The Hall–Kier alpha value is -1.55. The summed E-state index contributed by atoms with van der Waals surface area (Å²) in [6.45, 7) is 6.44. The standard InChI is InChI=1S/C15H22N2O2/c1-4-5-6-11-7-8-13-12(9-11)14(17-19-13)18-10-15(2,3)16/h7-9H,4-6,10,16H2,1-3H3. The molecule has 0 spiro atoms. The van der Waals surface area contributed by atoms with E-state index in [1.165, 1.54) is 18.4 Å². The molecule has 0 aliphatic carbocycles. The molecule has 2 N–H and O–H groups in total. The quantitative estimate of drug-likeness (QED) is 0.867. The van der Waals surface area contributed by atoms with E-state index in [1.54, 1.807) is 0 Å². The Morgan fingerprint density at radius 2 is 2.16 bits per heavy atom. The van der Waals surface area contributed by atoms with Gasteiger partial charge in [0.25, 0.3) is 5.88 Å². The van der Waals surface area contributed by atoms with Crippen molar-refractivity contribution in [3.63, 3.8) is 0 Å². The smallest absolute Gasteiger partial charge is 0.262 e.